The molecule has 1 aliphatic heterocycles. The maximum atomic E-state index is 11.9. The van der Waals surface area contributed by atoms with Crippen molar-refractivity contribution in [3.05, 3.63) is 27.8 Å². The van der Waals surface area contributed by atoms with Crippen LogP contribution in [-0.2, 0) is 9.53 Å². The summed E-state index contributed by atoms with van der Waals surface area (Å²) in [4.78, 5) is 13.7. The van der Waals surface area contributed by atoms with E-state index in [-0.39, 0.29) is 18.1 Å². The first-order chi connectivity index (χ1) is 7.50. The normalized spacial score (nSPS) is 19.9. The van der Waals surface area contributed by atoms with Crippen molar-refractivity contribution in [2.24, 2.45) is 0 Å². The standard InChI is InChI=1S/C12H14INO2/c1-12(2)8-16-7-11(15)14(12)10-5-3-9(13)4-6-10/h3-6H,7-8H2,1-2H3. The molecule has 1 aromatic rings. The van der Waals surface area contributed by atoms with Gasteiger partial charge in [0.2, 0.25) is 0 Å². The number of ether oxygens (including phenoxy) is 1. The fourth-order valence-corrected chi connectivity index (χ4v) is 2.30. The minimum absolute atomic E-state index is 0.0254. The summed E-state index contributed by atoms with van der Waals surface area (Å²) < 4.78 is 6.45. The van der Waals surface area contributed by atoms with Crippen LogP contribution in [0.25, 0.3) is 0 Å². The molecule has 1 amide bonds. The average Bonchev–Trinajstić information content (AvgIpc) is 2.19. The van der Waals surface area contributed by atoms with Crippen molar-refractivity contribution in [2.45, 2.75) is 19.4 Å². The monoisotopic (exact) mass is 331 g/mol. The molecule has 1 fully saturated rings. The van der Waals surface area contributed by atoms with Crippen molar-refractivity contribution in [2.75, 3.05) is 18.1 Å². The third-order valence-corrected chi connectivity index (χ3v) is 3.34. The highest BCUT2D eigenvalue weighted by Crippen LogP contribution is 2.27. The van der Waals surface area contributed by atoms with Crippen LogP contribution in [0.15, 0.2) is 24.3 Å². The van der Waals surface area contributed by atoms with Crippen LogP contribution < -0.4 is 4.90 Å². The molecule has 1 aliphatic rings. The van der Waals surface area contributed by atoms with Gasteiger partial charge >= 0.3 is 0 Å². The van der Waals surface area contributed by atoms with Gasteiger partial charge in [-0.3, -0.25) is 4.79 Å². The first-order valence-electron chi connectivity index (χ1n) is 5.17. The van der Waals surface area contributed by atoms with Gasteiger partial charge in [0.05, 0.1) is 12.1 Å². The Balaban J connectivity index is 2.36. The van der Waals surface area contributed by atoms with Crippen molar-refractivity contribution in [1.82, 2.24) is 0 Å². The molecule has 0 atom stereocenters. The molecule has 16 heavy (non-hydrogen) atoms. The molecule has 0 aromatic heterocycles. The summed E-state index contributed by atoms with van der Waals surface area (Å²) in [6.45, 7) is 4.78. The van der Waals surface area contributed by atoms with Crippen LogP contribution in [0.1, 0.15) is 13.8 Å². The van der Waals surface area contributed by atoms with Crippen LogP contribution in [0, 0.1) is 3.57 Å². The van der Waals surface area contributed by atoms with E-state index in [4.69, 9.17) is 4.74 Å². The van der Waals surface area contributed by atoms with Gasteiger partial charge in [0.15, 0.2) is 0 Å². The smallest absolute Gasteiger partial charge is 0.253 e. The van der Waals surface area contributed by atoms with Crippen molar-refractivity contribution in [3.8, 4) is 0 Å². The van der Waals surface area contributed by atoms with E-state index in [0.717, 1.165) is 5.69 Å². The fraction of sp³-hybridized carbons (Fsp3) is 0.417. The summed E-state index contributed by atoms with van der Waals surface area (Å²) in [5.41, 5.74) is 0.668. The van der Waals surface area contributed by atoms with E-state index in [1.807, 2.05) is 43.0 Å². The summed E-state index contributed by atoms with van der Waals surface area (Å²) in [5.74, 6) is 0.0254. The number of anilines is 1. The summed E-state index contributed by atoms with van der Waals surface area (Å²) in [7, 11) is 0. The summed E-state index contributed by atoms with van der Waals surface area (Å²) in [6.07, 6.45) is 0. The van der Waals surface area contributed by atoms with E-state index in [2.05, 4.69) is 22.6 Å². The highest BCUT2D eigenvalue weighted by Gasteiger charge is 2.36. The number of carbonyl (C=O) groups is 1. The van der Waals surface area contributed by atoms with Gasteiger partial charge in [0, 0.05) is 9.26 Å². The fourth-order valence-electron chi connectivity index (χ4n) is 1.94. The quantitative estimate of drug-likeness (QED) is 0.740. The van der Waals surface area contributed by atoms with Crippen LogP contribution in [0.2, 0.25) is 0 Å². The Kier molecular flexibility index (Phi) is 3.21. The number of nitrogens with zero attached hydrogens (tertiary/aromatic N) is 1. The van der Waals surface area contributed by atoms with Crippen LogP contribution in [-0.4, -0.2) is 24.7 Å². The van der Waals surface area contributed by atoms with E-state index < -0.39 is 0 Å². The molecule has 0 aliphatic carbocycles. The third kappa shape index (κ3) is 2.22. The highest BCUT2D eigenvalue weighted by atomic mass is 127. The van der Waals surface area contributed by atoms with Gasteiger partial charge < -0.3 is 9.64 Å². The number of halogens is 1. The van der Waals surface area contributed by atoms with E-state index in [1.54, 1.807) is 0 Å². The molecule has 0 saturated carbocycles. The highest BCUT2D eigenvalue weighted by molar-refractivity contribution is 14.1. The SMILES string of the molecule is CC1(C)COCC(=O)N1c1ccc(I)cc1. The van der Waals surface area contributed by atoms with E-state index >= 15 is 0 Å². The number of hydrogen-bond donors (Lipinski definition) is 0. The molecule has 1 heterocycles. The zero-order chi connectivity index (χ0) is 11.8. The Labute approximate surface area is 109 Å². The van der Waals surface area contributed by atoms with Gasteiger partial charge in [-0.05, 0) is 60.7 Å². The Morgan fingerprint density at radius 2 is 1.94 bits per heavy atom. The van der Waals surface area contributed by atoms with Gasteiger partial charge in [-0.25, -0.2) is 0 Å². The minimum atomic E-state index is -0.276. The largest absolute Gasteiger partial charge is 0.369 e. The van der Waals surface area contributed by atoms with Crippen LogP contribution in [0.3, 0.4) is 0 Å². The van der Waals surface area contributed by atoms with Gasteiger partial charge in [-0.15, -0.1) is 0 Å². The minimum Gasteiger partial charge on any atom is -0.369 e. The number of rotatable bonds is 1. The lowest BCUT2D eigenvalue weighted by Gasteiger charge is -2.41. The van der Waals surface area contributed by atoms with Crippen molar-refractivity contribution < 1.29 is 9.53 Å². The van der Waals surface area contributed by atoms with Crippen LogP contribution in [0.4, 0.5) is 5.69 Å². The number of benzene rings is 1. The average molecular weight is 331 g/mol. The molecule has 4 heteroatoms. The maximum Gasteiger partial charge on any atom is 0.253 e. The third-order valence-electron chi connectivity index (χ3n) is 2.62. The predicted octanol–water partition coefficient (Wildman–Crippen LogP) is 2.43. The number of morpholine rings is 1. The molecule has 2 rings (SSSR count). The topological polar surface area (TPSA) is 29.5 Å². The van der Waals surface area contributed by atoms with Gasteiger partial charge in [-0.2, -0.15) is 0 Å². The Hall–Kier alpha value is -0.620. The second kappa shape index (κ2) is 4.33. The summed E-state index contributed by atoms with van der Waals surface area (Å²) in [6, 6.07) is 7.98. The zero-order valence-electron chi connectivity index (χ0n) is 9.37. The molecular weight excluding hydrogens is 317 g/mol. The lowest BCUT2D eigenvalue weighted by atomic mass is 10.0. The first kappa shape index (κ1) is 11.9. The summed E-state index contributed by atoms with van der Waals surface area (Å²) in [5, 5.41) is 0. The zero-order valence-corrected chi connectivity index (χ0v) is 11.5. The lowest BCUT2D eigenvalue weighted by molar-refractivity contribution is -0.129. The molecule has 0 spiro atoms. The maximum absolute atomic E-state index is 11.9. The van der Waals surface area contributed by atoms with Crippen molar-refractivity contribution in [3.63, 3.8) is 0 Å². The van der Waals surface area contributed by atoms with Gasteiger partial charge in [0.25, 0.3) is 5.91 Å². The molecule has 1 saturated heterocycles. The van der Waals surface area contributed by atoms with Crippen LogP contribution >= 0.6 is 22.6 Å². The molecule has 0 unspecified atom stereocenters. The first-order valence-corrected chi connectivity index (χ1v) is 6.25. The molecule has 1 aromatic carbocycles. The van der Waals surface area contributed by atoms with Crippen molar-refractivity contribution in [1.29, 1.82) is 0 Å². The predicted molar refractivity (Wildman–Crippen MR) is 71.5 cm³/mol. The molecule has 0 radical (unpaired) electrons. The molecule has 0 N–H and O–H groups in total. The second-order valence-electron chi connectivity index (χ2n) is 4.51. The van der Waals surface area contributed by atoms with Crippen molar-refractivity contribution >= 4 is 34.2 Å². The van der Waals surface area contributed by atoms with E-state index in [9.17, 15) is 4.79 Å². The summed E-state index contributed by atoms with van der Waals surface area (Å²) >= 11 is 2.25. The van der Waals surface area contributed by atoms with E-state index in [0.29, 0.717) is 6.61 Å². The molecule has 0 bridgehead atoms. The Bertz CT molecular complexity index is 400. The van der Waals surface area contributed by atoms with Gasteiger partial charge in [0.1, 0.15) is 6.61 Å². The lowest BCUT2D eigenvalue weighted by Crippen LogP contribution is -2.56. The number of amides is 1. The molecule has 86 valence electrons. The van der Waals surface area contributed by atoms with Gasteiger partial charge in [-0.1, -0.05) is 0 Å². The molecular formula is C12H14INO2. The Morgan fingerprint density at radius 3 is 2.50 bits per heavy atom. The van der Waals surface area contributed by atoms with Crippen LogP contribution in [0.5, 0.6) is 0 Å². The number of carbonyl (C=O) groups excluding carboxylic acids is 1. The number of hydrogen-bond acceptors (Lipinski definition) is 2. The van der Waals surface area contributed by atoms with E-state index in [1.165, 1.54) is 3.57 Å². The Morgan fingerprint density at radius 1 is 1.31 bits per heavy atom. The second-order valence-corrected chi connectivity index (χ2v) is 5.76. The molecule has 3 nitrogen and oxygen atoms in total.